The molecule has 31 heavy (non-hydrogen) atoms. The normalized spacial score (nSPS) is 16.0. The first-order valence-corrected chi connectivity index (χ1v) is 11.4. The first-order valence-electron chi connectivity index (χ1n) is 11.4. The van der Waals surface area contributed by atoms with Gasteiger partial charge in [0, 0.05) is 49.3 Å². The number of anilines is 1. The fourth-order valence-electron chi connectivity index (χ4n) is 4.38. The number of hydrogen-bond donors (Lipinski definition) is 3. The second-order valence-corrected chi connectivity index (χ2v) is 8.34. The molecular weight excluding hydrogens is 390 g/mol. The maximum atomic E-state index is 12.9. The molecule has 0 bridgehead atoms. The highest BCUT2D eigenvalue weighted by molar-refractivity contribution is 5.91. The quantitative estimate of drug-likeness (QED) is 0.492. The molecule has 8 heteroatoms. The average molecular weight is 424 g/mol. The van der Waals surface area contributed by atoms with Gasteiger partial charge in [-0.05, 0) is 37.4 Å². The van der Waals surface area contributed by atoms with E-state index in [4.69, 9.17) is 0 Å². The highest BCUT2D eigenvalue weighted by Crippen LogP contribution is 2.20. The first-order chi connectivity index (χ1) is 15.2. The molecule has 3 aromatic rings. The molecular formula is C23H33N7O. The SMILES string of the molecule is CCCC(Cc1c[nH]c2ccccc12)NC(=O)c1nc(N2CCN(CCC)CC2)n[nH]1. The smallest absolute Gasteiger partial charge is 0.288 e. The lowest BCUT2D eigenvalue weighted by atomic mass is 10.0. The number of fused-ring (bicyclic) bond motifs is 1. The van der Waals surface area contributed by atoms with Gasteiger partial charge in [0.25, 0.3) is 5.91 Å². The zero-order valence-electron chi connectivity index (χ0n) is 18.5. The molecule has 0 radical (unpaired) electrons. The maximum absolute atomic E-state index is 12.9. The zero-order chi connectivity index (χ0) is 21.6. The number of carbonyl (C=O) groups is 1. The van der Waals surface area contributed by atoms with Gasteiger partial charge in [-0.25, -0.2) is 0 Å². The molecule has 3 N–H and O–H groups in total. The highest BCUT2D eigenvalue weighted by Gasteiger charge is 2.22. The first kappa shape index (κ1) is 21.4. The number of aromatic amines is 2. The lowest BCUT2D eigenvalue weighted by Gasteiger charge is -2.33. The number of H-pyrrole nitrogens is 2. The lowest BCUT2D eigenvalue weighted by molar-refractivity contribution is 0.0924. The van der Waals surface area contributed by atoms with E-state index in [2.05, 4.69) is 61.3 Å². The third-order valence-corrected chi connectivity index (χ3v) is 6.00. The topological polar surface area (TPSA) is 92.9 Å². The Morgan fingerprint density at radius 1 is 1.16 bits per heavy atom. The third-order valence-electron chi connectivity index (χ3n) is 6.00. The van der Waals surface area contributed by atoms with Crippen LogP contribution in [0, 0.1) is 0 Å². The number of aromatic nitrogens is 4. The van der Waals surface area contributed by atoms with Gasteiger partial charge in [-0.15, -0.1) is 5.10 Å². The number of nitrogens with zero attached hydrogens (tertiary/aromatic N) is 4. The van der Waals surface area contributed by atoms with E-state index >= 15 is 0 Å². The van der Waals surface area contributed by atoms with Gasteiger partial charge in [-0.2, -0.15) is 4.98 Å². The van der Waals surface area contributed by atoms with E-state index in [0.717, 1.165) is 57.5 Å². The summed E-state index contributed by atoms with van der Waals surface area (Å²) in [6.07, 6.45) is 5.90. The summed E-state index contributed by atoms with van der Waals surface area (Å²) in [6.45, 7) is 9.26. The predicted molar refractivity (Wildman–Crippen MR) is 123 cm³/mol. The van der Waals surface area contributed by atoms with Crippen molar-refractivity contribution in [2.24, 2.45) is 0 Å². The van der Waals surface area contributed by atoms with Crippen LogP contribution in [0.15, 0.2) is 30.5 Å². The Bertz CT molecular complexity index is 987. The fraction of sp³-hybridized carbons (Fsp3) is 0.522. The van der Waals surface area contributed by atoms with Crippen molar-refractivity contribution in [2.75, 3.05) is 37.6 Å². The lowest BCUT2D eigenvalue weighted by Crippen LogP contribution is -2.47. The second kappa shape index (κ2) is 9.96. The summed E-state index contributed by atoms with van der Waals surface area (Å²) in [5, 5.41) is 11.5. The van der Waals surface area contributed by atoms with Gasteiger partial charge < -0.3 is 15.2 Å². The highest BCUT2D eigenvalue weighted by atomic mass is 16.2. The summed E-state index contributed by atoms with van der Waals surface area (Å²) in [4.78, 5) is 25.3. The van der Waals surface area contributed by atoms with Crippen LogP contribution in [0.2, 0.25) is 0 Å². The largest absolute Gasteiger partial charge is 0.361 e. The molecule has 166 valence electrons. The molecule has 1 aromatic carbocycles. The Balaban J connectivity index is 1.38. The minimum atomic E-state index is -0.193. The summed E-state index contributed by atoms with van der Waals surface area (Å²) >= 11 is 0. The number of benzene rings is 1. The van der Waals surface area contributed by atoms with Gasteiger partial charge in [-0.3, -0.25) is 14.8 Å². The maximum Gasteiger partial charge on any atom is 0.288 e. The van der Waals surface area contributed by atoms with Gasteiger partial charge in [0.1, 0.15) is 0 Å². The molecule has 4 rings (SSSR count). The van der Waals surface area contributed by atoms with Crippen LogP contribution in [0.1, 0.15) is 49.3 Å². The molecule has 2 aromatic heterocycles. The van der Waals surface area contributed by atoms with Crippen molar-refractivity contribution in [1.29, 1.82) is 0 Å². The molecule has 1 atom stereocenters. The van der Waals surface area contributed by atoms with Crippen molar-refractivity contribution in [3.8, 4) is 0 Å². The van der Waals surface area contributed by atoms with E-state index in [0.29, 0.717) is 5.95 Å². The van der Waals surface area contributed by atoms with Crippen LogP contribution in [-0.2, 0) is 6.42 Å². The molecule has 8 nitrogen and oxygen atoms in total. The molecule has 1 aliphatic heterocycles. The van der Waals surface area contributed by atoms with Crippen LogP contribution in [0.5, 0.6) is 0 Å². The molecule has 0 spiro atoms. The average Bonchev–Trinajstić information content (AvgIpc) is 3.43. The van der Waals surface area contributed by atoms with Crippen LogP contribution in [0.25, 0.3) is 10.9 Å². The summed E-state index contributed by atoms with van der Waals surface area (Å²) < 4.78 is 0. The number of para-hydroxylation sites is 1. The minimum absolute atomic E-state index is 0.0443. The van der Waals surface area contributed by atoms with Crippen molar-refractivity contribution >= 4 is 22.8 Å². The molecule has 0 aliphatic carbocycles. The molecule has 3 heterocycles. The fourth-order valence-corrected chi connectivity index (χ4v) is 4.38. The van der Waals surface area contributed by atoms with Crippen LogP contribution in [0.3, 0.4) is 0 Å². The van der Waals surface area contributed by atoms with E-state index in [1.54, 1.807) is 0 Å². The molecule has 1 unspecified atom stereocenters. The molecule has 1 fully saturated rings. The minimum Gasteiger partial charge on any atom is -0.361 e. The van der Waals surface area contributed by atoms with Crippen LogP contribution >= 0.6 is 0 Å². The molecule has 0 saturated carbocycles. The second-order valence-electron chi connectivity index (χ2n) is 8.34. The van der Waals surface area contributed by atoms with Crippen molar-refractivity contribution in [3.05, 3.63) is 41.9 Å². The van der Waals surface area contributed by atoms with E-state index in [1.165, 1.54) is 17.4 Å². The Labute approximate surface area is 183 Å². The van der Waals surface area contributed by atoms with E-state index < -0.39 is 0 Å². The Hall–Kier alpha value is -2.87. The zero-order valence-corrected chi connectivity index (χ0v) is 18.5. The van der Waals surface area contributed by atoms with Crippen molar-refractivity contribution in [2.45, 2.75) is 45.6 Å². The van der Waals surface area contributed by atoms with Gasteiger partial charge in [0.05, 0.1) is 0 Å². The van der Waals surface area contributed by atoms with Crippen molar-refractivity contribution < 1.29 is 4.79 Å². The summed E-state index contributed by atoms with van der Waals surface area (Å²) in [5.74, 6) is 0.706. The van der Waals surface area contributed by atoms with Crippen LogP contribution in [0.4, 0.5) is 5.95 Å². The number of amides is 1. The number of carbonyl (C=O) groups excluding carboxylic acids is 1. The van der Waals surface area contributed by atoms with E-state index in [1.807, 2.05) is 18.3 Å². The molecule has 1 amide bonds. The monoisotopic (exact) mass is 423 g/mol. The van der Waals surface area contributed by atoms with Crippen molar-refractivity contribution in [1.82, 2.24) is 30.4 Å². The van der Waals surface area contributed by atoms with Gasteiger partial charge in [0.15, 0.2) is 0 Å². The van der Waals surface area contributed by atoms with Crippen LogP contribution < -0.4 is 10.2 Å². The Morgan fingerprint density at radius 2 is 1.97 bits per heavy atom. The van der Waals surface area contributed by atoms with Gasteiger partial charge in [-0.1, -0.05) is 38.5 Å². The molecule has 1 aliphatic rings. The molecule has 1 saturated heterocycles. The van der Waals surface area contributed by atoms with Gasteiger partial charge in [0.2, 0.25) is 11.8 Å². The third kappa shape index (κ3) is 5.07. The summed E-state index contributed by atoms with van der Waals surface area (Å²) in [6, 6.07) is 8.31. The standard InChI is InChI=1S/C23H33N7O/c1-3-7-18(15-17-16-24-20-9-6-5-8-19(17)20)25-22(31)21-26-23(28-27-21)30-13-11-29(10-4-2)12-14-30/h5-6,8-9,16,18,24H,3-4,7,10-15H2,1-2H3,(H,25,31)(H,26,27,28). The number of nitrogens with one attached hydrogen (secondary N) is 3. The summed E-state index contributed by atoms with van der Waals surface area (Å²) in [5.41, 5.74) is 2.34. The van der Waals surface area contributed by atoms with Crippen molar-refractivity contribution in [3.63, 3.8) is 0 Å². The Kier molecular flexibility index (Phi) is 6.86. The van der Waals surface area contributed by atoms with E-state index in [-0.39, 0.29) is 17.8 Å². The predicted octanol–water partition coefficient (Wildman–Crippen LogP) is 2.96. The number of piperazine rings is 1. The van der Waals surface area contributed by atoms with Gasteiger partial charge >= 0.3 is 0 Å². The summed E-state index contributed by atoms with van der Waals surface area (Å²) in [7, 11) is 0. The van der Waals surface area contributed by atoms with E-state index in [9.17, 15) is 4.79 Å². The van der Waals surface area contributed by atoms with Crippen LogP contribution in [-0.4, -0.2) is 69.7 Å². The Morgan fingerprint density at radius 3 is 2.74 bits per heavy atom. The number of hydrogen-bond acceptors (Lipinski definition) is 5. The number of rotatable bonds is 9.